The van der Waals surface area contributed by atoms with Gasteiger partial charge in [-0.2, -0.15) is 0 Å². The molecule has 0 radical (unpaired) electrons. The van der Waals surface area contributed by atoms with Gasteiger partial charge in [-0.1, -0.05) is 26.0 Å². The second-order valence-corrected chi connectivity index (χ2v) is 9.02. The maximum Gasteiger partial charge on any atom is 0.244 e. The highest BCUT2D eigenvalue weighted by Crippen LogP contribution is 2.26. The predicted molar refractivity (Wildman–Crippen MR) is 117 cm³/mol. The molecule has 0 spiro atoms. The molecule has 0 bridgehead atoms. The highest BCUT2D eigenvalue weighted by molar-refractivity contribution is 7.92. The fourth-order valence-corrected chi connectivity index (χ4v) is 4.67. The molecular formula is C22H29FN2O4S. The van der Waals surface area contributed by atoms with Gasteiger partial charge in [0.1, 0.15) is 17.6 Å². The van der Waals surface area contributed by atoms with Crippen LogP contribution < -0.4 is 14.4 Å². The van der Waals surface area contributed by atoms with Crippen molar-refractivity contribution in [3.63, 3.8) is 0 Å². The first kappa shape index (κ1) is 23.7. The summed E-state index contributed by atoms with van der Waals surface area (Å²) >= 11 is 0. The molecule has 1 amide bonds. The van der Waals surface area contributed by atoms with Gasteiger partial charge in [-0.25, -0.2) is 12.8 Å². The minimum absolute atomic E-state index is 0.245. The van der Waals surface area contributed by atoms with Gasteiger partial charge in [-0.05, 0) is 61.2 Å². The molecule has 2 rings (SSSR count). The molecule has 164 valence electrons. The summed E-state index contributed by atoms with van der Waals surface area (Å²) in [5.74, 6) is -0.135. The van der Waals surface area contributed by atoms with Gasteiger partial charge in [0, 0.05) is 0 Å². The summed E-state index contributed by atoms with van der Waals surface area (Å²) in [7, 11) is -2.18. The number of sulfonamides is 1. The number of nitrogens with one attached hydrogen (secondary N) is 1. The predicted octanol–water partition coefficient (Wildman–Crippen LogP) is 3.95. The number of hydrogen-bond acceptors (Lipinski definition) is 4. The number of aryl methyl sites for hydroxylation is 1. The van der Waals surface area contributed by atoms with E-state index in [2.05, 4.69) is 5.32 Å². The van der Waals surface area contributed by atoms with Gasteiger partial charge in [-0.3, -0.25) is 9.10 Å². The molecule has 0 aliphatic rings. The zero-order valence-corrected chi connectivity index (χ0v) is 18.8. The van der Waals surface area contributed by atoms with Crippen molar-refractivity contribution in [1.29, 1.82) is 0 Å². The lowest BCUT2D eigenvalue weighted by Crippen LogP contribution is -2.50. The maximum absolute atomic E-state index is 13.3. The first-order valence-corrected chi connectivity index (χ1v) is 11.7. The number of anilines is 1. The number of carbonyl (C=O) groups excluding carboxylic acids is 1. The third-order valence-electron chi connectivity index (χ3n) is 4.96. The Hall–Kier alpha value is -2.61. The van der Waals surface area contributed by atoms with Crippen molar-refractivity contribution in [2.75, 3.05) is 17.7 Å². The summed E-state index contributed by atoms with van der Waals surface area (Å²) in [6.07, 6.45) is 1.92. The van der Waals surface area contributed by atoms with Crippen molar-refractivity contribution in [2.24, 2.45) is 0 Å². The molecule has 0 unspecified atom stereocenters. The van der Waals surface area contributed by atoms with E-state index in [9.17, 15) is 17.6 Å². The third-order valence-corrected chi connectivity index (χ3v) is 6.14. The number of hydrogen-bond donors (Lipinski definition) is 1. The standard InChI is InChI=1S/C22H29FN2O4S/c1-6-19(16-8-13-21(29-4)15(3)14-16)24-22(26)20(7-2)25(30(5,27)28)18-11-9-17(23)10-12-18/h8-14,19-20H,6-7H2,1-5H3,(H,24,26)/t19-,20-/m1/s1. The summed E-state index contributed by atoms with van der Waals surface area (Å²) in [5, 5.41) is 2.97. The number of methoxy groups -OCH3 is 1. The molecule has 2 aromatic rings. The number of ether oxygens (including phenoxy) is 1. The summed E-state index contributed by atoms with van der Waals surface area (Å²) in [5.41, 5.74) is 2.10. The van der Waals surface area contributed by atoms with E-state index in [1.807, 2.05) is 32.0 Å². The van der Waals surface area contributed by atoms with E-state index >= 15 is 0 Å². The maximum atomic E-state index is 13.3. The number of carbonyl (C=O) groups is 1. The van der Waals surface area contributed by atoms with Gasteiger partial charge >= 0.3 is 0 Å². The molecule has 0 aliphatic heterocycles. The lowest BCUT2D eigenvalue weighted by molar-refractivity contribution is -0.123. The average Bonchev–Trinajstić information content (AvgIpc) is 2.70. The Morgan fingerprint density at radius 3 is 2.23 bits per heavy atom. The second kappa shape index (κ2) is 9.93. The molecule has 2 aromatic carbocycles. The average molecular weight is 437 g/mol. The third kappa shape index (κ3) is 5.50. The summed E-state index contributed by atoms with van der Waals surface area (Å²) in [4.78, 5) is 13.1. The van der Waals surface area contributed by atoms with E-state index < -0.39 is 27.8 Å². The summed E-state index contributed by atoms with van der Waals surface area (Å²) in [6.45, 7) is 5.61. The Labute approximate surface area is 178 Å². The largest absolute Gasteiger partial charge is 0.496 e. The SMILES string of the molecule is CC[C@H](C(=O)N[C@H](CC)c1ccc(OC)c(C)c1)N(c1ccc(F)cc1)S(C)(=O)=O. The quantitative estimate of drug-likeness (QED) is 0.646. The van der Waals surface area contributed by atoms with E-state index in [-0.39, 0.29) is 18.2 Å². The smallest absolute Gasteiger partial charge is 0.244 e. The Kier molecular flexibility index (Phi) is 7.83. The van der Waals surface area contributed by atoms with Crippen LogP contribution in [0.2, 0.25) is 0 Å². The van der Waals surface area contributed by atoms with Crippen LogP contribution in [0, 0.1) is 12.7 Å². The molecule has 1 N–H and O–H groups in total. The van der Waals surface area contributed by atoms with Crippen LogP contribution in [0.5, 0.6) is 5.75 Å². The van der Waals surface area contributed by atoms with Crippen LogP contribution in [0.25, 0.3) is 0 Å². The number of amides is 1. The molecule has 2 atom stereocenters. The van der Waals surface area contributed by atoms with Crippen molar-refractivity contribution in [3.05, 3.63) is 59.4 Å². The fraction of sp³-hybridized carbons (Fsp3) is 0.409. The lowest BCUT2D eigenvalue weighted by atomic mass is 10.0. The second-order valence-electron chi connectivity index (χ2n) is 7.16. The van der Waals surface area contributed by atoms with Gasteiger partial charge in [0.2, 0.25) is 15.9 Å². The van der Waals surface area contributed by atoms with Crippen LogP contribution >= 0.6 is 0 Å². The Morgan fingerprint density at radius 1 is 1.13 bits per heavy atom. The van der Waals surface area contributed by atoms with Gasteiger partial charge in [0.05, 0.1) is 25.1 Å². The highest BCUT2D eigenvalue weighted by Gasteiger charge is 2.32. The van der Waals surface area contributed by atoms with Gasteiger partial charge < -0.3 is 10.1 Å². The molecule has 0 saturated heterocycles. The molecule has 0 heterocycles. The molecular weight excluding hydrogens is 407 g/mol. The molecule has 8 heteroatoms. The van der Waals surface area contributed by atoms with Crippen LogP contribution in [0.15, 0.2) is 42.5 Å². The summed E-state index contributed by atoms with van der Waals surface area (Å²) < 4.78 is 44.7. The van der Waals surface area contributed by atoms with Crippen molar-refractivity contribution in [3.8, 4) is 5.75 Å². The Bertz CT molecular complexity index is 977. The van der Waals surface area contributed by atoms with Crippen molar-refractivity contribution < 1.29 is 22.3 Å². The topological polar surface area (TPSA) is 75.7 Å². The highest BCUT2D eigenvalue weighted by atomic mass is 32.2. The van der Waals surface area contributed by atoms with Crippen molar-refractivity contribution in [1.82, 2.24) is 5.32 Å². The molecule has 0 aliphatic carbocycles. The van der Waals surface area contributed by atoms with Crippen LogP contribution in [-0.4, -0.2) is 33.7 Å². The number of rotatable bonds is 9. The van der Waals surface area contributed by atoms with E-state index in [1.54, 1.807) is 14.0 Å². The first-order valence-electron chi connectivity index (χ1n) is 9.82. The molecule has 0 aromatic heterocycles. The van der Waals surface area contributed by atoms with Crippen LogP contribution in [-0.2, 0) is 14.8 Å². The molecule has 0 fully saturated rings. The molecule has 6 nitrogen and oxygen atoms in total. The van der Waals surface area contributed by atoms with E-state index in [4.69, 9.17) is 4.74 Å². The van der Waals surface area contributed by atoms with Crippen molar-refractivity contribution >= 4 is 21.6 Å². The van der Waals surface area contributed by atoms with Gasteiger partial charge in [0.25, 0.3) is 0 Å². The van der Waals surface area contributed by atoms with Gasteiger partial charge in [0.15, 0.2) is 0 Å². The monoisotopic (exact) mass is 436 g/mol. The Morgan fingerprint density at radius 2 is 1.77 bits per heavy atom. The number of halogens is 1. The summed E-state index contributed by atoms with van der Waals surface area (Å²) in [6, 6.07) is 9.49. The minimum atomic E-state index is -3.78. The van der Waals surface area contributed by atoms with E-state index in [0.29, 0.717) is 6.42 Å². The number of benzene rings is 2. The normalized spacial score (nSPS) is 13.4. The Balaban J connectivity index is 2.34. The zero-order valence-electron chi connectivity index (χ0n) is 18.0. The fourth-order valence-electron chi connectivity index (χ4n) is 3.46. The van der Waals surface area contributed by atoms with E-state index in [0.717, 1.165) is 27.4 Å². The van der Waals surface area contributed by atoms with Crippen molar-refractivity contribution in [2.45, 2.75) is 45.7 Å². The van der Waals surface area contributed by atoms with Crippen LogP contribution in [0.3, 0.4) is 0 Å². The lowest BCUT2D eigenvalue weighted by Gasteiger charge is -2.31. The minimum Gasteiger partial charge on any atom is -0.496 e. The van der Waals surface area contributed by atoms with Gasteiger partial charge in [-0.15, -0.1) is 0 Å². The number of nitrogens with zero attached hydrogens (tertiary/aromatic N) is 1. The van der Waals surface area contributed by atoms with E-state index in [1.165, 1.54) is 24.3 Å². The zero-order chi connectivity index (χ0) is 22.5. The van der Waals surface area contributed by atoms with Crippen LogP contribution in [0.1, 0.15) is 43.9 Å². The van der Waals surface area contributed by atoms with Crippen LogP contribution in [0.4, 0.5) is 10.1 Å². The molecule has 0 saturated carbocycles. The molecule has 30 heavy (non-hydrogen) atoms. The first-order chi connectivity index (χ1) is 14.1.